The van der Waals surface area contributed by atoms with Crippen LogP contribution in [-0.4, -0.2) is 36.0 Å². The van der Waals surface area contributed by atoms with E-state index in [9.17, 15) is 4.79 Å². The lowest BCUT2D eigenvalue weighted by Gasteiger charge is -2.33. The van der Waals surface area contributed by atoms with Gasteiger partial charge in [-0.15, -0.1) is 12.4 Å². The third kappa shape index (κ3) is 3.25. The molecular formula is C15H27ClN2O. The molecule has 2 aliphatic heterocycles. The van der Waals surface area contributed by atoms with Gasteiger partial charge in [0, 0.05) is 19.1 Å². The first-order chi connectivity index (χ1) is 8.74. The van der Waals surface area contributed by atoms with Gasteiger partial charge in [-0.3, -0.25) is 4.79 Å². The van der Waals surface area contributed by atoms with Gasteiger partial charge in [-0.2, -0.15) is 0 Å². The van der Waals surface area contributed by atoms with Crippen molar-refractivity contribution in [2.24, 2.45) is 11.8 Å². The van der Waals surface area contributed by atoms with Crippen molar-refractivity contribution in [2.75, 3.05) is 13.1 Å². The molecule has 1 N–H and O–H groups in total. The van der Waals surface area contributed by atoms with Crippen LogP contribution >= 0.6 is 12.4 Å². The molecule has 0 aromatic rings. The van der Waals surface area contributed by atoms with Crippen molar-refractivity contribution < 1.29 is 4.79 Å². The predicted molar refractivity (Wildman–Crippen MR) is 79.5 cm³/mol. The number of halogens is 1. The highest BCUT2D eigenvalue weighted by atomic mass is 35.5. The maximum atomic E-state index is 12.6. The van der Waals surface area contributed by atoms with Gasteiger partial charge in [0.25, 0.3) is 0 Å². The fraction of sp³-hybridized carbons (Fsp3) is 0.933. The van der Waals surface area contributed by atoms with Gasteiger partial charge >= 0.3 is 0 Å². The Kier molecular flexibility index (Phi) is 5.13. The molecule has 2 saturated heterocycles. The molecule has 3 rings (SSSR count). The highest BCUT2D eigenvalue weighted by Crippen LogP contribution is 2.34. The Bertz CT molecular complexity index is 309. The lowest BCUT2D eigenvalue weighted by molar-refractivity contribution is -0.134. The quantitative estimate of drug-likeness (QED) is 0.804. The van der Waals surface area contributed by atoms with E-state index in [2.05, 4.69) is 17.1 Å². The molecule has 4 unspecified atom stereocenters. The number of rotatable bonds is 1. The second-order valence-corrected chi connectivity index (χ2v) is 6.64. The molecule has 0 aromatic heterocycles. The molecule has 3 fully saturated rings. The average Bonchev–Trinajstić information content (AvgIpc) is 2.81. The molecule has 0 radical (unpaired) electrons. The Morgan fingerprint density at radius 2 is 1.95 bits per heavy atom. The maximum Gasteiger partial charge on any atom is 0.239 e. The SMILES string of the molecule is CC1CCCN(C(=O)C2CC3CCCCC3N2)C1.Cl. The summed E-state index contributed by atoms with van der Waals surface area (Å²) < 4.78 is 0. The van der Waals surface area contributed by atoms with Crippen molar-refractivity contribution >= 4 is 18.3 Å². The number of hydrogen-bond donors (Lipinski definition) is 1. The van der Waals surface area contributed by atoms with Gasteiger partial charge in [0.15, 0.2) is 0 Å². The van der Waals surface area contributed by atoms with Gasteiger partial charge in [-0.1, -0.05) is 19.8 Å². The standard InChI is InChI=1S/C15H26N2O.ClH/c1-11-5-4-8-17(10-11)15(18)14-9-12-6-2-3-7-13(12)16-14;/h11-14,16H,2-10H2,1H3;1H. The molecule has 4 atom stereocenters. The van der Waals surface area contributed by atoms with E-state index in [1.54, 1.807) is 0 Å². The van der Waals surface area contributed by atoms with E-state index in [-0.39, 0.29) is 18.4 Å². The Morgan fingerprint density at radius 3 is 2.68 bits per heavy atom. The van der Waals surface area contributed by atoms with Crippen molar-refractivity contribution in [2.45, 2.75) is 64.0 Å². The molecule has 0 spiro atoms. The summed E-state index contributed by atoms with van der Waals surface area (Å²) in [6.45, 7) is 4.23. The molecule has 1 aliphatic carbocycles. The Hall–Kier alpha value is -0.280. The summed E-state index contributed by atoms with van der Waals surface area (Å²) in [6.07, 6.45) is 8.89. The van der Waals surface area contributed by atoms with Gasteiger partial charge in [-0.25, -0.2) is 0 Å². The van der Waals surface area contributed by atoms with Crippen molar-refractivity contribution in [1.82, 2.24) is 10.2 Å². The van der Waals surface area contributed by atoms with Crippen LogP contribution in [0.2, 0.25) is 0 Å². The summed E-state index contributed by atoms with van der Waals surface area (Å²) in [7, 11) is 0. The number of hydrogen-bond acceptors (Lipinski definition) is 2. The average molecular weight is 287 g/mol. The number of carbonyl (C=O) groups is 1. The van der Waals surface area contributed by atoms with Crippen LogP contribution in [0.15, 0.2) is 0 Å². The lowest BCUT2D eigenvalue weighted by Crippen LogP contribution is -2.48. The van der Waals surface area contributed by atoms with Crippen molar-refractivity contribution in [3.63, 3.8) is 0 Å². The van der Waals surface area contributed by atoms with E-state index in [1.807, 2.05) is 0 Å². The Labute approximate surface area is 122 Å². The van der Waals surface area contributed by atoms with E-state index in [0.29, 0.717) is 17.9 Å². The number of fused-ring (bicyclic) bond motifs is 1. The summed E-state index contributed by atoms with van der Waals surface area (Å²) in [4.78, 5) is 14.7. The third-order valence-corrected chi connectivity index (χ3v) is 5.13. The number of nitrogens with one attached hydrogen (secondary N) is 1. The van der Waals surface area contributed by atoms with E-state index in [1.165, 1.54) is 38.5 Å². The minimum atomic E-state index is 0. The Morgan fingerprint density at radius 1 is 1.16 bits per heavy atom. The number of piperidine rings is 1. The second-order valence-electron chi connectivity index (χ2n) is 6.64. The number of carbonyl (C=O) groups excluding carboxylic acids is 1. The van der Waals surface area contributed by atoms with Crippen molar-refractivity contribution in [3.05, 3.63) is 0 Å². The number of nitrogens with zero attached hydrogens (tertiary/aromatic N) is 1. The monoisotopic (exact) mass is 286 g/mol. The summed E-state index contributed by atoms with van der Waals surface area (Å²) in [6, 6.07) is 0.762. The van der Waals surface area contributed by atoms with E-state index in [0.717, 1.165) is 25.4 Å². The van der Waals surface area contributed by atoms with Gasteiger partial charge in [0.1, 0.15) is 0 Å². The largest absolute Gasteiger partial charge is 0.341 e. The smallest absolute Gasteiger partial charge is 0.239 e. The predicted octanol–water partition coefficient (Wildman–Crippen LogP) is 2.59. The summed E-state index contributed by atoms with van der Waals surface area (Å²) >= 11 is 0. The van der Waals surface area contributed by atoms with Crippen LogP contribution in [0.5, 0.6) is 0 Å². The van der Waals surface area contributed by atoms with Crippen LogP contribution in [0.4, 0.5) is 0 Å². The van der Waals surface area contributed by atoms with Crippen LogP contribution < -0.4 is 5.32 Å². The molecule has 0 aromatic carbocycles. The Balaban J connectivity index is 0.00000133. The normalized spacial score (nSPS) is 38.5. The molecular weight excluding hydrogens is 260 g/mol. The topological polar surface area (TPSA) is 32.3 Å². The lowest BCUT2D eigenvalue weighted by atomic mass is 9.85. The molecule has 2 heterocycles. The fourth-order valence-corrected chi connectivity index (χ4v) is 4.12. The van der Waals surface area contributed by atoms with E-state index in [4.69, 9.17) is 0 Å². The first-order valence-electron chi connectivity index (χ1n) is 7.79. The molecule has 110 valence electrons. The van der Waals surface area contributed by atoms with Crippen LogP contribution in [0.25, 0.3) is 0 Å². The van der Waals surface area contributed by atoms with E-state index >= 15 is 0 Å². The van der Waals surface area contributed by atoms with Gasteiger partial charge in [0.2, 0.25) is 5.91 Å². The van der Waals surface area contributed by atoms with Crippen molar-refractivity contribution in [1.29, 1.82) is 0 Å². The molecule has 3 nitrogen and oxygen atoms in total. The van der Waals surface area contributed by atoms with Crippen LogP contribution in [0.1, 0.15) is 51.9 Å². The fourth-order valence-electron chi connectivity index (χ4n) is 4.12. The molecule has 1 amide bonds. The van der Waals surface area contributed by atoms with Crippen LogP contribution in [0, 0.1) is 11.8 Å². The minimum absolute atomic E-state index is 0. The van der Waals surface area contributed by atoms with Gasteiger partial charge < -0.3 is 10.2 Å². The van der Waals surface area contributed by atoms with Crippen LogP contribution in [0.3, 0.4) is 0 Å². The summed E-state index contributed by atoms with van der Waals surface area (Å²) in [5.74, 6) is 1.84. The summed E-state index contributed by atoms with van der Waals surface area (Å²) in [5.41, 5.74) is 0. The maximum absolute atomic E-state index is 12.6. The first-order valence-corrected chi connectivity index (χ1v) is 7.79. The molecule has 3 aliphatic rings. The molecule has 1 saturated carbocycles. The minimum Gasteiger partial charge on any atom is -0.341 e. The molecule has 0 bridgehead atoms. The third-order valence-electron chi connectivity index (χ3n) is 5.13. The summed E-state index contributed by atoms with van der Waals surface area (Å²) in [5, 5.41) is 3.61. The van der Waals surface area contributed by atoms with Gasteiger partial charge in [0.05, 0.1) is 6.04 Å². The van der Waals surface area contributed by atoms with Crippen LogP contribution in [-0.2, 0) is 4.79 Å². The number of likely N-dealkylation sites (tertiary alicyclic amines) is 1. The first kappa shape index (κ1) is 15.1. The highest BCUT2D eigenvalue weighted by Gasteiger charge is 2.40. The zero-order chi connectivity index (χ0) is 12.5. The van der Waals surface area contributed by atoms with E-state index < -0.39 is 0 Å². The molecule has 4 heteroatoms. The second kappa shape index (κ2) is 6.45. The molecule has 19 heavy (non-hydrogen) atoms. The zero-order valence-electron chi connectivity index (χ0n) is 11.9. The highest BCUT2D eigenvalue weighted by molar-refractivity contribution is 5.85. The van der Waals surface area contributed by atoms with Crippen molar-refractivity contribution in [3.8, 4) is 0 Å². The van der Waals surface area contributed by atoms with Gasteiger partial charge in [-0.05, 0) is 43.9 Å². The zero-order valence-corrected chi connectivity index (χ0v) is 12.8. The number of amides is 1.